The van der Waals surface area contributed by atoms with E-state index in [0.29, 0.717) is 16.8 Å². The number of anilines is 1. The number of amides is 2. The Kier molecular flexibility index (Phi) is 5.68. The van der Waals surface area contributed by atoms with E-state index >= 15 is 0 Å². The summed E-state index contributed by atoms with van der Waals surface area (Å²) in [5.74, 6) is -1.14. The molecule has 0 aromatic heterocycles. The van der Waals surface area contributed by atoms with Gasteiger partial charge >= 0.3 is 5.97 Å². The van der Waals surface area contributed by atoms with Crippen molar-refractivity contribution in [3.63, 3.8) is 0 Å². The summed E-state index contributed by atoms with van der Waals surface area (Å²) >= 11 is 0. The number of rotatable bonds is 5. The van der Waals surface area contributed by atoms with Crippen LogP contribution in [0.2, 0.25) is 0 Å². The summed E-state index contributed by atoms with van der Waals surface area (Å²) in [6.07, 6.45) is 0. The number of esters is 1. The van der Waals surface area contributed by atoms with Crippen molar-refractivity contribution in [2.45, 2.75) is 6.92 Å². The molecule has 0 bridgehead atoms. The summed E-state index contributed by atoms with van der Waals surface area (Å²) in [6.45, 7) is 1.76. The number of hydrogen-bond acceptors (Lipinski definition) is 4. The van der Waals surface area contributed by atoms with Gasteiger partial charge in [-0.15, -0.1) is 0 Å². The minimum absolute atomic E-state index is 0.193. The molecule has 0 aliphatic carbocycles. The van der Waals surface area contributed by atoms with E-state index in [0.717, 1.165) is 5.56 Å². The van der Waals surface area contributed by atoms with Crippen LogP contribution in [-0.2, 0) is 9.53 Å². The van der Waals surface area contributed by atoms with E-state index in [1.807, 2.05) is 19.1 Å². The number of carbonyl (C=O) groups is 3. The molecule has 0 saturated carbocycles. The highest BCUT2D eigenvalue weighted by Crippen LogP contribution is 2.12. The van der Waals surface area contributed by atoms with Crippen LogP contribution in [0.4, 0.5) is 5.69 Å². The molecule has 0 atom stereocenters. The summed E-state index contributed by atoms with van der Waals surface area (Å²) in [7, 11) is 1.25. The van der Waals surface area contributed by atoms with Gasteiger partial charge in [-0.25, -0.2) is 0 Å². The zero-order valence-corrected chi connectivity index (χ0v) is 13.5. The molecule has 6 heteroatoms. The molecule has 0 unspecified atom stereocenters. The Morgan fingerprint density at radius 2 is 1.42 bits per heavy atom. The van der Waals surface area contributed by atoms with Gasteiger partial charge in [0.25, 0.3) is 11.8 Å². The van der Waals surface area contributed by atoms with Crippen LogP contribution in [0.3, 0.4) is 0 Å². The minimum Gasteiger partial charge on any atom is -0.468 e. The zero-order valence-electron chi connectivity index (χ0n) is 13.5. The van der Waals surface area contributed by atoms with Crippen LogP contribution in [0, 0.1) is 6.92 Å². The standard InChI is InChI=1S/C18H18N2O4/c1-12-3-5-14(6-4-12)18(23)20-15-9-7-13(8-10-15)17(22)19-11-16(21)24-2/h3-10H,11H2,1-2H3,(H,19,22)(H,20,23). The summed E-state index contributed by atoms with van der Waals surface area (Å²) in [5.41, 5.74) is 2.59. The molecule has 0 spiro atoms. The second-order valence-electron chi connectivity index (χ2n) is 5.16. The first-order valence-corrected chi connectivity index (χ1v) is 7.32. The fraction of sp³-hybridized carbons (Fsp3) is 0.167. The van der Waals surface area contributed by atoms with Crippen molar-refractivity contribution in [1.29, 1.82) is 0 Å². The van der Waals surface area contributed by atoms with Crippen molar-refractivity contribution in [3.8, 4) is 0 Å². The molecule has 0 aliphatic heterocycles. The third kappa shape index (κ3) is 4.67. The van der Waals surface area contributed by atoms with Crippen molar-refractivity contribution in [1.82, 2.24) is 5.32 Å². The van der Waals surface area contributed by atoms with Crippen LogP contribution < -0.4 is 10.6 Å². The van der Waals surface area contributed by atoms with E-state index < -0.39 is 11.9 Å². The zero-order chi connectivity index (χ0) is 17.5. The van der Waals surface area contributed by atoms with E-state index in [2.05, 4.69) is 15.4 Å². The quantitative estimate of drug-likeness (QED) is 0.825. The van der Waals surface area contributed by atoms with Gasteiger partial charge in [-0.2, -0.15) is 0 Å². The average molecular weight is 326 g/mol. The molecule has 0 saturated heterocycles. The molecule has 2 N–H and O–H groups in total. The number of benzene rings is 2. The molecule has 0 aliphatic rings. The molecular weight excluding hydrogens is 308 g/mol. The Morgan fingerprint density at radius 1 is 0.875 bits per heavy atom. The Labute approximate surface area is 139 Å². The number of aryl methyl sites for hydroxylation is 1. The van der Waals surface area contributed by atoms with Gasteiger partial charge in [-0.3, -0.25) is 14.4 Å². The molecular formula is C18H18N2O4. The molecule has 2 amide bonds. The van der Waals surface area contributed by atoms with E-state index in [1.54, 1.807) is 36.4 Å². The third-order valence-corrected chi connectivity index (χ3v) is 3.34. The largest absolute Gasteiger partial charge is 0.468 e. The lowest BCUT2D eigenvalue weighted by atomic mass is 10.1. The fourth-order valence-electron chi connectivity index (χ4n) is 1.94. The Bertz CT molecular complexity index is 737. The van der Waals surface area contributed by atoms with Gasteiger partial charge in [-0.05, 0) is 43.3 Å². The van der Waals surface area contributed by atoms with E-state index in [-0.39, 0.29) is 12.5 Å². The lowest BCUT2D eigenvalue weighted by Crippen LogP contribution is -2.30. The van der Waals surface area contributed by atoms with Gasteiger partial charge in [0.05, 0.1) is 7.11 Å². The van der Waals surface area contributed by atoms with Crippen LogP contribution in [0.25, 0.3) is 0 Å². The second kappa shape index (κ2) is 7.92. The molecule has 6 nitrogen and oxygen atoms in total. The first-order valence-electron chi connectivity index (χ1n) is 7.32. The van der Waals surface area contributed by atoms with Gasteiger partial charge in [0.1, 0.15) is 6.54 Å². The smallest absolute Gasteiger partial charge is 0.325 e. The maximum Gasteiger partial charge on any atom is 0.325 e. The van der Waals surface area contributed by atoms with Gasteiger partial charge in [-0.1, -0.05) is 17.7 Å². The summed E-state index contributed by atoms with van der Waals surface area (Å²) in [6, 6.07) is 13.6. The van der Waals surface area contributed by atoms with E-state index in [1.165, 1.54) is 7.11 Å². The van der Waals surface area contributed by atoms with E-state index in [4.69, 9.17) is 0 Å². The molecule has 2 aromatic carbocycles. The summed E-state index contributed by atoms with van der Waals surface area (Å²) in [4.78, 5) is 35.0. The van der Waals surface area contributed by atoms with E-state index in [9.17, 15) is 14.4 Å². The SMILES string of the molecule is COC(=O)CNC(=O)c1ccc(NC(=O)c2ccc(C)cc2)cc1. The number of methoxy groups -OCH3 is 1. The van der Waals surface area contributed by atoms with Crippen molar-refractivity contribution < 1.29 is 19.1 Å². The predicted octanol–water partition coefficient (Wildman–Crippen LogP) is 2.15. The van der Waals surface area contributed by atoms with Crippen LogP contribution in [0.1, 0.15) is 26.3 Å². The van der Waals surface area contributed by atoms with Crippen LogP contribution in [0.5, 0.6) is 0 Å². The summed E-state index contributed by atoms with van der Waals surface area (Å²) < 4.78 is 4.45. The number of nitrogens with one attached hydrogen (secondary N) is 2. The molecule has 2 aromatic rings. The maximum absolute atomic E-state index is 12.1. The van der Waals surface area contributed by atoms with Crippen molar-refractivity contribution in [3.05, 3.63) is 65.2 Å². The molecule has 0 radical (unpaired) electrons. The fourth-order valence-corrected chi connectivity index (χ4v) is 1.94. The lowest BCUT2D eigenvalue weighted by Gasteiger charge is -2.07. The molecule has 0 heterocycles. The Morgan fingerprint density at radius 3 is 2.00 bits per heavy atom. The number of ether oxygens (including phenoxy) is 1. The second-order valence-corrected chi connectivity index (χ2v) is 5.16. The van der Waals surface area contributed by atoms with Crippen molar-refractivity contribution in [2.24, 2.45) is 0 Å². The molecule has 2 rings (SSSR count). The lowest BCUT2D eigenvalue weighted by molar-refractivity contribution is -0.139. The first-order chi connectivity index (χ1) is 11.5. The van der Waals surface area contributed by atoms with Crippen molar-refractivity contribution in [2.75, 3.05) is 19.0 Å². The highest BCUT2D eigenvalue weighted by Gasteiger charge is 2.09. The van der Waals surface area contributed by atoms with Crippen LogP contribution in [0.15, 0.2) is 48.5 Å². The van der Waals surface area contributed by atoms with Crippen molar-refractivity contribution >= 4 is 23.5 Å². The van der Waals surface area contributed by atoms with Gasteiger partial charge in [0.15, 0.2) is 0 Å². The van der Waals surface area contributed by atoms with Crippen LogP contribution in [-0.4, -0.2) is 31.4 Å². The predicted molar refractivity (Wildman–Crippen MR) is 89.9 cm³/mol. The minimum atomic E-state index is -0.523. The van der Waals surface area contributed by atoms with Gasteiger partial charge < -0.3 is 15.4 Å². The molecule has 0 fully saturated rings. The first kappa shape index (κ1) is 17.2. The third-order valence-electron chi connectivity index (χ3n) is 3.34. The Balaban J connectivity index is 1.96. The normalized spacial score (nSPS) is 9.92. The number of hydrogen-bond donors (Lipinski definition) is 2. The van der Waals surface area contributed by atoms with Crippen LogP contribution >= 0.6 is 0 Å². The molecule has 124 valence electrons. The highest BCUT2D eigenvalue weighted by molar-refractivity contribution is 6.04. The topological polar surface area (TPSA) is 84.5 Å². The monoisotopic (exact) mass is 326 g/mol. The highest BCUT2D eigenvalue weighted by atomic mass is 16.5. The van der Waals surface area contributed by atoms with Gasteiger partial charge in [0, 0.05) is 16.8 Å². The Hall–Kier alpha value is -3.15. The summed E-state index contributed by atoms with van der Waals surface area (Å²) in [5, 5.41) is 5.20. The maximum atomic E-state index is 12.1. The number of carbonyl (C=O) groups excluding carboxylic acids is 3. The average Bonchev–Trinajstić information content (AvgIpc) is 2.60. The molecule has 24 heavy (non-hydrogen) atoms. The van der Waals surface area contributed by atoms with Gasteiger partial charge in [0.2, 0.25) is 0 Å².